The van der Waals surface area contributed by atoms with Gasteiger partial charge in [-0.1, -0.05) is 30.3 Å². The number of fused-ring (bicyclic) bond motifs is 1. The monoisotopic (exact) mass is 364 g/mol. The van der Waals surface area contributed by atoms with Crippen LogP contribution in [0.25, 0.3) is 11.0 Å². The molecule has 0 saturated carbocycles. The molecule has 0 saturated heterocycles. The molecule has 0 fully saturated rings. The van der Waals surface area contributed by atoms with Crippen LogP contribution >= 0.6 is 0 Å². The van der Waals surface area contributed by atoms with Crippen molar-refractivity contribution >= 4 is 22.8 Å². The fraction of sp³-hybridized carbons (Fsp3) is 0.286. The van der Waals surface area contributed by atoms with Gasteiger partial charge < -0.3 is 15.2 Å². The number of carbonyl (C=O) groups is 2. The molecule has 0 aliphatic heterocycles. The highest BCUT2D eigenvalue weighted by molar-refractivity contribution is 5.96. The van der Waals surface area contributed by atoms with E-state index < -0.39 is 0 Å². The average Bonchev–Trinajstić information content (AvgIpc) is 3.05. The van der Waals surface area contributed by atoms with Crippen molar-refractivity contribution in [3.8, 4) is 0 Å². The van der Waals surface area contributed by atoms with Crippen LogP contribution in [0, 0.1) is 0 Å². The molecule has 0 bridgehead atoms. The summed E-state index contributed by atoms with van der Waals surface area (Å²) in [7, 11) is 0. The largest absolute Gasteiger partial charge is 0.354 e. The van der Waals surface area contributed by atoms with Gasteiger partial charge in [0.15, 0.2) is 0 Å². The summed E-state index contributed by atoms with van der Waals surface area (Å²) in [6.07, 6.45) is 0.630. The Kier molecular flexibility index (Phi) is 5.86. The normalized spacial score (nSPS) is 10.9. The highest BCUT2D eigenvalue weighted by Crippen LogP contribution is 2.20. The third-order valence-electron chi connectivity index (χ3n) is 4.30. The zero-order valence-electron chi connectivity index (χ0n) is 15.6. The van der Waals surface area contributed by atoms with Crippen LogP contribution in [-0.2, 0) is 11.2 Å². The zero-order valence-corrected chi connectivity index (χ0v) is 15.6. The minimum atomic E-state index is -0.257. The highest BCUT2D eigenvalue weighted by atomic mass is 16.2. The Morgan fingerprint density at radius 1 is 1.00 bits per heavy atom. The SMILES string of the molecule is CC(C)n1c(CCNC(=O)CNC(=O)c2ccccc2)nc2ccccc21. The number of para-hydroxylation sites is 2. The fourth-order valence-electron chi connectivity index (χ4n) is 3.08. The van der Waals surface area contributed by atoms with Gasteiger partial charge in [-0.15, -0.1) is 0 Å². The van der Waals surface area contributed by atoms with E-state index in [0.717, 1.165) is 16.9 Å². The van der Waals surface area contributed by atoms with Crippen molar-refractivity contribution in [2.24, 2.45) is 0 Å². The molecule has 6 nitrogen and oxygen atoms in total. The van der Waals surface area contributed by atoms with E-state index in [0.29, 0.717) is 18.5 Å². The second-order valence-electron chi connectivity index (χ2n) is 6.63. The third kappa shape index (κ3) is 4.53. The molecule has 0 aliphatic rings. The summed E-state index contributed by atoms with van der Waals surface area (Å²) in [5.74, 6) is 0.471. The van der Waals surface area contributed by atoms with E-state index in [1.54, 1.807) is 24.3 Å². The van der Waals surface area contributed by atoms with E-state index in [1.165, 1.54) is 0 Å². The predicted molar refractivity (Wildman–Crippen MR) is 106 cm³/mol. The third-order valence-corrected chi connectivity index (χ3v) is 4.30. The summed E-state index contributed by atoms with van der Waals surface area (Å²) in [4.78, 5) is 28.7. The van der Waals surface area contributed by atoms with E-state index >= 15 is 0 Å². The van der Waals surface area contributed by atoms with E-state index in [2.05, 4.69) is 40.1 Å². The van der Waals surface area contributed by atoms with E-state index in [9.17, 15) is 9.59 Å². The molecule has 3 aromatic rings. The molecule has 0 aliphatic carbocycles. The lowest BCUT2D eigenvalue weighted by Gasteiger charge is -2.13. The number of nitrogens with zero attached hydrogens (tertiary/aromatic N) is 2. The molecule has 140 valence electrons. The minimum Gasteiger partial charge on any atom is -0.354 e. The zero-order chi connectivity index (χ0) is 19.2. The summed E-state index contributed by atoms with van der Waals surface area (Å²) in [6.45, 7) is 4.66. The number of benzene rings is 2. The maximum absolute atomic E-state index is 12.0. The summed E-state index contributed by atoms with van der Waals surface area (Å²) in [5, 5.41) is 5.47. The number of imidazole rings is 1. The molecule has 2 N–H and O–H groups in total. The van der Waals surface area contributed by atoms with Crippen molar-refractivity contribution in [1.82, 2.24) is 20.2 Å². The minimum absolute atomic E-state index is 0.0473. The Hall–Kier alpha value is -3.15. The van der Waals surface area contributed by atoms with Crippen molar-refractivity contribution in [2.75, 3.05) is 13.1 Å². The number of hydrogen-bond acceptors (Lipinski definition) is 3. The van der Waals surface area contributed by atoms with Crippen LogP contribution < -0.4 is 10.6 Å². The first-order chi connectivity index (χ1) is 13.1. The van der Waals surface area contributed by atoms with Crippen molar-refractivity contribution in [2.45, 2.75) is 26.3 Å². The summed E-state index contributed by atoms with van der Waals surface area (Å²) >= 11 is 0. The van der Waals surface area contributed by atoms with Crippen LogP contribution in [0.15, 0.2) is 54.6 Å². The van der Waals surface area contributed by atoms with Gasteiger partial charge in [0.25, 0.3) is 5.91 Å². The lowest BCUT2D eigenvalue weighted by atomic mass is 10.2. The smallest absolute Gasteiger partial charge is 0.251 e. The fourth-order valence-corrected chi connectivity index (χ4v) is 3.08. The van der Waals surface area contributed by atoms with Crippen LogP contribution in [0.5, 0.6) is 0 Å². The van der Waals surface area contributed by atoms with E-state index in [-0.39, 0.29) is 24.4 Å². The van der Waals surface area contributed by atoms with E-state index in [4.69, 9.17) is 0 Å². The van der Waals surface area contributed by atoms with Crippen molar-refractivity contribution in [3.63, 3.8) is 0 Å². The topological polar surface area (TPSA) is 76.0 Å². The standard InChI is InChI=1S/C21H24N4O2/c1-15(2)25-18-11-7-6-10-17(18)24-19(25)12-13-22-20(26)14-23-21(27)16-8-4-3-5-9-16/h3-11,15H,12-14H2,1-2H3,(H,22,26)(H,23,27). The van der Waals surface area contributed by atoms with Gasteiger partial charge in [0.2, 0.25) is 5.91 Å². The number of nitrogens with one attached hydrogen (secondary N) is 2. The first-order valence-corrected chi connectivity index (χ1v) is 9.12. The summed E-state index contributed by atoms with van der Waals surface area (Å²) in [6, 6.07) is 17.2. The lowest BCUT2D eigenvalue weighted by Crippen LogP contribution is -2.37. The number of aromatic nitrogens is 2. The molecule has 0 atom stereocenters. The van der Waals surface area contributed by atoms with Gasteiger partial charge in [-0.25, -0.2) is 4.98 Å². The quantitative estimate of drug-likeness (QED) is 0.677. The molecule has 0 unspecified atom stereocenters. The van der Waals surface area contributed by atoms with Crippen LogP contribution in [-0.4, -0.2) is 34.5 Å². The number of hydrogen-bond donors (Lipinski definition) is 2. The number of amides is 2. The van der Waals surface area contributed by atoms with Gasteiger partial charge in [-0.05, 0) is 38.1 Å². The molecule has 0 radical (unpaired) electrons. The van der Waals surface area contributed by atoms with Gasteiger partial charge in [-0.2, -0.15) is 0 Å². The maximum Gasteiger partial charge on any atom is 0.251 e. The predicted octanol–water partition coefficient (Wildman–Crippen LogP) is 2.71. The Labute approximate surface area is 158 Å². The van der Waals surface area contributed by atoms with Crippen LogP contribution in [0.4, 0.5) is 0 Å². The van der Waals surface area contributed by atoms with Crippen LogP contribution in [0.1, 0.15) is 36.1 Å². The summed E-state index contributed by atoms with van der Waals surface area (Å²) in [5.41, 5.74) is 2.60. The van der Waals surface area contributed by atoms with Gasteiger partial charge in [0.05, 0.1) is 17.6 Å². The Morgan fingerprint density at radius 2 is 1.70 bits per heavy atom. The Bertz CT molecular complexity index is 932. The average molecular weight is 364 g/mol. The number of carbonyl (C=O) groups excluding carboxylic acids is 2. The van der Waals surface area contributed by atoms with Gasteiger partial charge in [0.1, 0.15) is 5.82 Å². The first-order valence-electron chi connectivity index (χ1n) is 9.12. The molecular formula is C21H24N4O2. The van der Waals surface area contributed by atoms with Crippen molar-refractivity contribution in [3.05, 3.63) is 66.0 Å². The second-order valence-corrected chi connectivity index (χ2v) is 6.63. The molecule has 0 spiro atoms. The molecule has 1 aromatic heterocycles. The molecule has 2 amide bonds. The number of rotatable bonds is 7. The Morgan fingerprint density at radius 3 is 2.44 bits per heavy atom. The van der Waals surface area contributed by atoms with Gasteiger partial charge >= 0.3 is 0 Å². The molecular weight excluding hydrogens is 340 g/mol. The lowest BCUT2D eigenvalue weighted by molar-refractivity contribution is -0.120. The van der Waals surface area contributed by atoms with Crippen molar-refractivity contribution in [1.29, 1.82) is 0 Å². The molecule has 6 heteroatoms. The molecule has 2 aromatic carbocycles. The second kappa shape index (κ2) is 8.49. The summed E-state index contributed by atoms with van der Waals surface area (Å²) < 4.78 is 2.19. The van der Waals surface area contributed by atoms with E-state index in [1.807, 2.05) is 24.3 Å². The van der Waals surface area contributed by atoms with Crippen LogP contribution in [0.3, 0.4) is 0 Å². The van der Waals surface area contributed by atoms with Crippen LogP contribution in [0.2, 0.25) is 0 Å². The highest BCUT2D eigenvalue weighted by Gasteiger charge is 2.13. The first kappa shape index (κ1) is 18.6. The maximum atomic E-state index is 12.0. The molecule has 1 heterocycles. The van der Waals surface area contributed by atoms with Gasteiger partial charge in [-0.3, -0.25) is 9.59 Å². The van der Waals surface area contributed by atoms with Crippen molar-refractivity contribution < 1.29 is 9.59 Å². The molecule has 27 heavy (non-hydrogen) atoms. The Balaban J connectivity index is 1.52. The van der Waals surface area contributed by atoms with Gasteiger partial charge in [0, 0.05) is 24.6 Å². The molecule has 3 rings (SSSR count).